The first-order valence-electron chi connectivity index (χ1n) is 10.4. The molecule has 1 atom stereocenters. The van der Waals surface area contributed by atoms with Crippen molar-refractivity contribution in [2.24, 2.45) is 7.05 Å². The van der Waals surface area contributed by atoms with Gasteiger partial charge < -0.3 is 13.9 Å². The Labute approximate surface area is 173 Å². The second kappa shape index (κ2) is 9.40. The van der Waals surface area contributed by atoms with Crippen LogP contribution in [0.2, 0.25) is 0 Å². The van der Waals surface area contributed by atoms with E-state index in [1.807, 2.05) is 29.3 Å². The van der Waals surface area contributed by atoms with Crippen LogP contribution in [0.4, 0.5) is 0 Å². The molecular formula is C20H33N5O3S. The summed E-state index contributed by atoms with van der Waals surface area (Å²) >= 11 is 0. The number of hydrogen-bond acceptors (Lipinski definition) is 6. The molecule has 3 heterocycles. The number of ether oxygens (including phenoxy) is 1. The molecule has 0 saturated carbocycles. The molecule has 0 bridgehead atoms. The molecule has 0 amide bonds. The average molecular weight is 424 g/mol. The van der Waals surface area contributed by atoms with E-state index in [-0.39, 0.29) is 23.1 Å². The summed E-state index contributed by atoms with van der Waals surface area (Å²) < 4.78 is 35.3. The zero-order valence-electron chi connectivity index (χ0n) is 17.9. The minimum atomic E-state index is -3.41. The first-order chi connectivity index (χ1) is 13.8. The summed E-state index contributed by atoms with van der Waals surface area (Å²) in [5, 5.41) is 0.172. The van der Waals surface area contributed by atoms with E-state index in [2.05, 4.69) is 28.7 Å². The lowest BCUT2D eigenvalue weighted by Crippen LogP contribution is -2.32. The van der Waals surface area contributed by atoms with Crippen molar-refractivity contribution in [3.8, 4) is 0 Å². The molecule has 2 aromatic rings. The first kappa shape index (κ1) is 22.0. The van der Waals surface area contributed by atoms with E-state index >= 15 is 0 Å². The van der Waals surface area contributed by atoms with Crippen LogP contribution in [-0.2, 0) is 41.3 Å². The summed E-state index contributed by atoms with van der Waals surface area (Å²) in [7, 11) is -1.43. The predicted molar refractivity (Wildman–Crippen MR) is 111 cm³/mol. The number of rotatable bonds is 10. The van der Waals surface area contributed by atoms with Gasteiger partial charge in [0.2, 0.25) is 15.0 Å². The van der Waals surface area contributed by atoms with E-state index in [0.29, 0.717) is 26.1 Å². The Kier molecular flexibility index (Phi) is 7.13. The Morgan fingerprint density at radius 2 is 2.10 bits per heavy atom. The second-order valence-corrected chi connectivity index (χ2v) is 10.1. The number of sulfone groups is 1. The Morgan fingerprint density at radius 3 is 2.69 bits per heavy atom. The van der Waals surface area contributed by atoms with E-state index in [9.17, 15) is 8.42 Å². The Bertz CT molecular complexity index is 897. The normalized spacial score (nSPS) is 17.7. The molecule has 3 rings (SSSR count). The highest BCUT2D eigenvalue weighted by molar-refractivity contribution is 7.91. The minimum absolute atomic E-state index is 0.0422. The third-order valence-electron chi connectivity index (χ3n) is 5.42. The van der Waals surface area contributed by atoms with Crippen molar-refractivity contribution in [2.45, 2.75) is 77.0 Å². The maximum Gasteiger partial charge on any atom is 0.227 e. The molecule has 0 aliphatic carbocycles. The lowest BCUT2D eigenvalue weighted by Gasteiger charge is -2.27. The Hall–Kier alpha value is -1.71. The average Bonchev–Trinajstić information content (AvgIpc) is 3.38. The summed E-state index contributed by atoms with van der Waals surface area (Å²) in [6.07, 6.45) is 8.03. The first-order valence-corrected chi connectivity index (χ1v) is 12.1. The number of aromatic nitrogens is 4. The molecule has 1 fully saturated rings. The Morgan fingerprint density at radius 1 is 1.31 bits per heavy atom. The molecule has 2 aromatic heterocycles. The van der Waals surface area contributed by atoms with Crippen LogP contribution in [0.5, 0.6) is 0 Å². The standard InChI is InChI=1S/C20H33N5O3S/c1-5-11-29(26,27)20-22-12-17(25(20)14-18-7-6-10-28-18)13-24(16(2)3)15-19-21-8-9-23(19)4/h8-9,12,16,18H,5-7,10-11,13-15H2,1-4H3/t18-/m0/s1. The highest BCUT2D eigenvalue weighted by atomic mass is 32.2. The van der Waals surface area contributed by atoms with Crippen molar-refractivity contribution in [1.82, 2.24) is 24.0 Å². The van der Waals surface area contributed by atoms with Gasteiger partial charge in [-0.1, -0.05) is 6.92 Å². The third kappa shape index (κ3) is 5.26. The maximum atomic E-state index is 12.8. The highest BCUT2D eigenvalue weighted by Gasteiger charge is 2.27. The van der Waals surface area contributed by atoms with Crippen molar-refractivity contribution in [3.63, 3.8) is 0 Å². The van der Waals surface area contributed by atoms with Crippen LogP contribution in [0.25, 0.3) is 0 Å². The zero-order chi connectivity index (χ0) is 21.0. The number of nitrogens with zero attached hydrogens (tertiary/aromatic N) is 5. The molecule has 0 N–H and O–H groups in total. The molecular weight excluding hydrogens is 390 g/mol. The minimum Gasteiger partial charge on any atom is -0.376 e. The lowest BCUT2D eigenvalue weighted by molar-refractivity contribution is 0.0926. The third-order valence-corrected chi connectivity index (χ3v) is 7.25. The summed E-state index contributed by atoms with van der Waals surface area (Å²) in [5.74, 6) is 1.08. The fourth-order valence-corrected chi connectivity index (χ4v) is 5.13. The molecule has 29 heavy (non-hydrogen) atoms. The summed E-state index contributed by atoms with van der Waals surface area (Å²) in [6.45, 7) is 8.70. The molecule has 0 aromatic carbocycles. The van der Waals surface area contributed by atoms with Gasteiger partial charge in [-0.25, -0.2) is 18.4 Å². The summed E-state index contributed by atoms with van der Waals surface area (Å²) in [5.41, 5.74) is 0.901. The monoisotopic (exact) mass is 423 g/mol. The van der Waals surface area contributed by atoms with Crippen LogP contribution >= 0.6 is 0 Å². The van der Waals surface area contributed by atoms with Crippen molar-refractivity contribution in [1.29, 1.82) is 0 Å². The van der Waals surface area contributed by atoms with Gasteiger partial charge in [-0.3, -0.25) is 4.90 Å². The van der Waals surface area contributed by atoms with Crippen LogP contribution in [0, 0.1) is 0 Å². The second-order valence-electron chi connectivity index (χ2n) is 8.05. The van der Waals surface area contributed by atoms with Crippen LogP contribution in [-0.4, -0.2) is 56.9 Å². The number of hydrogen-bond donors (Lipinski definition) is 0. The van der Waals surface area contributed by atoms with Gasteiger partial charge in [0, 0.05) is 38.6 Å². The highest BCUT2D eigenvalue weighted by Crippen LogP contribution is 2.22. The van der Waals surface area contributed by atoms with Gasteiger partial charge in [-0.05, 0) is 33.1 Å². The Balaban J connectivity index is 1.89. The zero-order valence-corrected chi connectivity index (χ0v) is 18.7. The van der Waals surface area contributed by atoms with Gasteiger partial charge in [0.15, 0.2) is 0 Å². The van der Waals surface area contributed by atoms with E-state index in [1.54, 1.807) is 12.4 Å². The van der Waals surface area contributed by atoms with Crippen molar-refractivity contribution >= 4 is 9.84 Å². The van der Waals surface area contributed by atoms with E-state index in [4.69, 9.17) is 4.74 Å². The lowest BCUT2D eigenvalue weighted by atomic mass is 10.2. The van der Waals surface area contributed by atoms with E-state index in [0.717, 1.165) is 31.0 Å². The molecule has 9 heteroatoms. The number of aryl methyl sites for hydroxylation is 1. The van der Waals surface area contributed by atoms with Crippen molar-refractivity contribution < 1.29 is 13.2 Å². The smallest absolute Gasteiger partial charge is 0.227 e. The van der Waals surface area contributed by atoms with Gasteiger partial charge in [0.05, 0.1) is 36.8 Å². The van der Waals surface area contributed by atoms with E-state index in [1.165, 1.54) is 0 Å². The number of imidazole rings is 2. The molecule has 1 aliphatic heterocycles. The molecule has 0 spiro atoms. The topological polar surface area (TPSA) is 82.3 Å². The van der Waals surface area contributed by atoms with Gasteiger partial charge >= 0.3 is 0 Å². The molecule has 0 unspecified atom stereocenters. The quantitative estimate of drug-likeness (QED) is 0.584. The molecule has 8 nitrogen and oxygen atoms in total. The van der Waals surface area contributed by atoms with Crippen LogP contribution in [0.3, 0.4) is 0 Å². The van der Waals surface area contributed by atoms with Gasteiger partial charge in [0.25, 0.3) is 0 Å². The fraction of sp³-hybridized carbons (Fsp3) is 0.700. The molecule has 1 aliphatic rings. The van der Waals surface area contributed by atoms with Gasteiger partial charge in [-0.15, -0.1) is 0 Å². The SMILES string of the molecule is CCCS(=O)(=O)c1ncc(CN(Cc2nccn2C)C(C)C)n1C[C@@H]1CCCO1. The van der Waals surface area contributed by atoms with Crippen molar-refractivity contribution in [3.05, 3.63) is 30.1 Å². The maximum absolute atomic E-state index is 12.8. The molecule has 162 valence electrons. The molecule has 0 radical (unpaired) electrons. The van der Waals surface area contributed by atoms with Gasteiger partial charge in [-0.2, -0.15) is 0 Å². The van der Waals surface area contributed by atoms with Crippen LogP contribution in [0.15, 0.2) is 23.7 Å². The largest absolute Gasteiger partial charge is 0.376 e. The fourth-order valence-electron chi connectivity index (χ4n) is 3.67. The van der Waals surface area contributed by atoms with Crippen LogP contribution < -0.4 is 0 Å². The summed E-state index contributed by atoms with van der Waals surface area (Å²) in [4.78, 5) is 11.1. The van der Waals surface area contributed by atoms with E-state index < -0.39 is 9.84 Å². The van der Waals surface area contributed by atoms with Crippen LogP contribution in [0.1, 0.15) is 51.6 Å². The summed E-state index contributed by atoms with van der Waals surface area (Å²) in [6, 6.07) is 0.272. The van der Waals surface area contributed by atoms with Crippen molar-refractivity contribution in [2.75, 3.05) is 12.4 Å². The molecule has 1 saturated heterocycles. The van der Waals surface area contributed by atoms with Gasteiger partial charge in [0.1, 0.15) is 5.82 Å². The predicted octanol–water partition coefficient (Wildman–Crippen LogP) is 2.39.